The normalized spacial score (nSPS) is 17.4. The zero-order valence-electron chi connectivity index (χ0n) is 6.76. The van der Waals surface area contributed by atoms with Gasteiger partial charge in [-0.25, -0.2) is 0 Å². The molecule has 1 saturated carbocycles. The molecule has 0 aliphatic heterocycles. The molecule has 2 rings (SSSR count). The van der Waals surface area contributed by atoms with Crippen molar-refractivity contribution in [2.24, 2.45) is 0 Å². The van der Waals surface area contributed by atoms with Gasteiger partial charge in [0.15, 0.2) is 0 Å². The third kappa shape index (κ3) is 1.19. The molecule has 0 radical (unpaired) electrons. The predicted molar refractivity (Wildman–Crippen MR) is 52.7 cm³/mol. The highest BCUT2D eigenvalue weighted by Gasteiger charge is 2.26. The van der Waals surface area contributed by atoms with Gasteiger partial charge in [-0.1, -0.05) is 0 Å². The molecule has 1 aliphatic carbocycles. The number of rotatable bonds is 1. The summed E-state index contributed by atoms with van der Waals surface area (Å²) >= 11 is 2.37. The van der Waals surface area contributed by atoms with Crippen molar-refractivity contribution in [2.75, 3.05) is 0 Å². The van der Waals surface area contributed by atoms with Crippen LogP contribution in [0.15, 0.2) is 0 Å². The van der Waals surface area contributed by atoms with Gasteiger partial charge in [-0.3, -0.25) is 4.68 Å². The van der Waals surface area contributed by atoms with Gasteiger partial charge in [-0.2, -0.15) is 5.10 Å². The van der Waals surface area contributed by atoms with Crippen LogP contribution in [0.3, 0.4) is 0 Å². The van der Waals surface area contributed by atoms with Crippen LogP contribution in [-0.4, -0.2) is 9.78 Å². The summed E-state index contributed by atoms with van der Waals surface area (Å²) in [5.74, 6) is 0. The maximum absolute atomic E-state index is 4.48. The first-order valence-corrected chi connectivity index (χ1v) is 4.99. The Hall–Kier alpha value is -0.0600. The molecular weight excluding hydrogens is 251 g/mol. The molecule has 2 nitrogen and oxygen atoms in total. The second kappa shape index (κ2) is 2.47. The fourth-order valence-electron chi connectivity index (χ4n) is 1.32. The lowest BCUT2D eigenvalue weighted by Crippen LogP contribution is -1.98. The van der Waals surface area contributed by atoms with Gasteiger partial charge in [0.1, 0.15) is 0 Å². The van der Waals surface area contributed by atoms with Crippen molar-refractivity contribution in [1.82, 2.24) is 9.78 Å². The molecular formula is C8H11IN2. The highest BCUT2D eigenvalue weighted by atomic mass is 127. The van der Waals surface area contributed by atoms with Gasteiger partial charge in [0.2, 0.25) is 0 Å². The molecule has 0 unspecified atom stereocenters. The molecule has 1 aromatic heterocycles. The Balaban J connectivity index is 2.46. The first-order chi connectivity index (χ1) is 5.20. The van der Waals surface area contributed by atoms with Crippen LogP contribution in [0.4, 0.5) is 0 Å². The second-order valence-corrected chi connectivity index (χ2v) is 4.24. The Bertz CT molecular complexity index is 287. The van der Waals surface area contributed by atoms with Gasteiger partial charge in [-0.15, -0.1) is 0 Å². The number of nitrogens with zero attached hydrogens (tertiary/aromatic N) is 2. The number of hydrogen-bond acceptors (Lipinski definition) is 1. The minimum absolute atomic E-state index is 0.720. The molecule has 1 heterocycles. The zero-order chi connectivity index (χ0) is 8.01. The molecule has 0 bridgehead atoms. The van der Waals surface area contributed by atoms with E-state index in [0.717, 1.165) is 6.04 Å². The summed E-state index contributed by atoms with van der Waals surface area (Å²) in [5.41, 5.74) is 2.51. The van der Waals surface area contributed by atoms with Crippen molar-refractivity contribution in [2.45, 2.75) is 32.7 Å². The summed E-state index contributed by atoms with van der Waals surface area (Å²) in [7, 11) is 0. The Morgan fingerprint density at radius 3 is 2.45 bits per heavy atom. The number of aryl methyl sites for hydroxylation is 1. The average Bonchev–Trinajstić information content (AvgIpc) is 2.76. The van der Waals surface area contributed by atoms with Crippen LogP contribution < -0.4 is 0 Å². The molecule has 11 heavy (non-hydrogen) atoms. The smallest absolute Gasteiger partial charge is 0.0730 e. The SMILES string of the molecule is Cc1nn(C2CC2)c(C)c1I. The van der Waals surface area contributed by atoms with Crippen LogP contribution in [0, 0.1) is 17.4 Å². The summed E-state index contributed by atoms with van der Waals surface area (Å²) in [6.07, 6.45) is 2.64. The minimum atomic E-state index is 0.720. The number of aromatic nitrogens is 2. The van der Waals surface area contributed by atoms with E-state index in [-0.39, 0.29) is 0 Å². The monoisotopic (exact) mass is 262 g/mol. The van der Waals surface area contributed by atoms with Gasteiger partial charge in [0, 0.05) is 5.69 Å². The predicted octanol–water partition coefficient (Wildman–Crippen LogP) is 2.44. The molecule has 3 heteroatoms. The minimum Gasteiger partial charge on any atom is -0.265 e. The van der Waals surface area contributed by atoms with E-state index >= 15 is 0 Å². The van der Waals surface area contributed by atoms with Gasteiger partial charge in [0.25, 0.3) is 0 Å². The van der Waals surface area contributed by atoms with Crippen LogP contribution in [0.1, 0.15) is 30.3 Å². The van der Waals surface area contributed by atoms with E-state index in [1.807, 2.05) is 0 Å². The zero-order valence-corrected chi connectivity index (χ0v) is 8.92. The highest BCUT2D eigenvalue weighted by molar-refractivity contribution is 14.1. The van der Waals surface area contributed by atoms with Crippen LogP contribution in [0.25, 0.3) is 0 Å². The van der Waals surface area contributed by atoms with Gasteiger partial charge in [0.05, 0.1) is 15.3 Å². The summed E-state index contributed by atoms with van der Waals surface area (Å²) in [6.45, 7) is 4.23. The Morgan fingerprint density at radius 1 is 1.45 bits per heavy atom. The topological polar surface area (TPSA) is 17.8 Å². The van der Waals surface area contributed by atoms with Crippen molar-refractivity contribution in [1.29, 1.82) is 0 Å². The van der Waals surface area contributed by atoms with Crippen LogP contribution in [0.5, 0.6) is 0 Å². The van der Waals surface area contributed by atoms with E-state index in [0.29, 0.717) is 0 Å². The van der Waals surface area contributed by atoms with Crippen molar-refractivity contribution < 1.29 is 0 Å². The third-order valence-corrected chi connectivity index (χ3v) is 3.69. The summed E-state index contributed by atoms with van der Waals surface area (Å²) in [5, 5.41) is 4.48. The van der Waals surface area contributed by atoms with E-state index in [1.54, 1.807) is 0 Å². The van der Waals surface area contributed by atoms with Crippen LogP contribution in [0.2, 0.25) is 0 Å². The van der Waals surface area contributed by atoms with E-state index in [2.05, 4.69) is 46.2 Å². The Morgan fingerprint density at radius 2 is 2.09 bits per heavy atom. The molecule has 0 aromatic carbocycles. The van der Waals surface area contributed by atoms with E-state index < -0.39 is 0 Å². The molecule has 1 aromatic rings. The quantitative estimate of drug-likeness (QED) is 0.711. The highest BCUT2D eigenvalue weighted by Crippen LogP contribution is 2.36. The maximum atomic E-state index is 4.48. The first-order valence-electron chi connectivity index (χ1n) is 3.91. The third-order valence-electron chi connectivity index (χ3n) is 2.13. The summed E-state index contributed by atoms with van der Waals surface area (Å²) < 4.78 is 3.51. The summed E-state index contributed by atoms with van der Waals surface area (Å²) in [4.78, 5) is 0. The van der Waals surface area contributed by atoms with Gasteiger partial charge >= 0.3 is 0 Å². The Kier molecular flexibility index (Phi) is 1.70. The molecule has 1 aliphatic rings. The van der Waals surface area contributed by atoms with Crippen LogP contribution in [-0.2, 0) is 0 Å². The molecule has 0 spiro atoms. The van der Waals surface area contributed by atoms with E-state index in [9.17, 15) is 0 Å². The largest absolute Gasteiger partial charge is 0.265 e. The standard InChI is InChI=1S/C8H11IN2/c1-5-8(9)6(2)11(10-5)7-3-4-7/h7H,3-4H2,1-2H3. The lowest BCUT2D eigenvalue weighted by atomic mass is 10.4. The molecule has 0 amide bonds. The lowest BCUT2D eigenvalue weighted by molar-refractivity contribution is 0.617. The Labute approximate surface area is 80.1 Å². The molecule has 1 fully saturated rings. The number of halogens is 1. The maximum Gasteiger partial charge on any atom is 0.0730 e. The van der Waals surface area contributed by atoms with Crippen molar-refractivity contribution >= 4 is 22.6 Å². The second-order valence-electron chi connectivity index (χ2n) is 3.16. The van der Waals surface area contributed by atoms with Gasteiger partial charge < -0.3 is 0 Å². The van der Waals surface area contributed by atoms with Crippen molar-refractivity contribution in [3.05, 3.63) is 15.0 Å². The molecule has 0 saturated heterocycles. The first kappa shape index (κ1) is 7.58. The molecule has 0 N–H and O–H groups in total. The van der Waals surface area contributed by atoms with Crippen molar-refractivity contribution in [3.63, 3.8) is 0 Å². The average molecular weight is 262 g/mol. The fourth-order valence-corrected chi connectivity index (χ4v) is 1.67. The molecule has 0 atom stereocenters. The van der Waals surface area contributed by atoms with Crippen LogP contribution >= 0.6 is 22.6 Å². The fraction of sp³-hybridized carbons (Fsp3) is 0.625. The van der Waals surface area contributed by atoms with E-state index in [4.69, 9.17) is 0 Å². The van der Waals surface area contributed by atoms with Gasteiger partial charge in [-0.05, 0) is 49.3 Å². The molecule has 60 valence electrons. The van der Waals surface area contributed by atoms with Crippen molar-refractivity contribution in [3.8, 4) is 0 Å². The van der Waals surface area contributed by atoms with E-state index in [1.165, 1.54) is 27.8 Å². The number of hydrogen-bond donors (Lipinski definition) is 0. The lowest BCUT2D eigenvalue weighted by Gasteiger charge is -1.98. The summed E-state index contributed by atoms with van der Waals surface area (Å²) in [6, 6.07) is 0.720.